The van der Waals surface area contributed by atoms with Crippen LogP contribution in [0.3, 0.4) is 0 Å². The Morgan fingerprint density at radius 2 is 2.00 bits per heavy atom. The fourth-order valence-electron chi connectivity index (χ4n) is 2.73. The van der Waals surface area contributed by atoms with Gasteiger partial charge < -0.3 is 15.5 Å². The summed E-state index contributed by atoms with van der Waals surface area (Å²) in [6.07, 6.45) is 0.681. The van der Waals surface area contributed by atoms with Crippen LogP contribution in [0.1, 0.15) is 30.0 Å². The molecule has 1 aliphatic rings. The predicted molar refractivity (Wildman–Crippen MR) is 104 cm³/mol. The number of rotatable bonds is 3. The molecule has 0 saturated heterocycles. The minimum atomic E-state index is -0.264. The van der Waals surface area contributed by atoms with Crippen LogP contribution in [0.15, 0.2) is 24.3 Å². The van der Waals surface area contributed by atoms with Crippen molar-refractivity contribution in [3.05, 3.63) is 40.4 Å². The quantitative estimate of drug-likeness (QED) is 0.769. The SMILES string of the molecule is Cc1ccccc1NC(=O)N1CCc2nc(NC(=O)NC(C)C)sc2C1. The lowest BCUT2D eigenvalue weighted by Gasteiger charge is -2.26. The minimum absolute atomic E-state index is 0.0604. The zero-order valence-electron chi connectivity index (χ0n) is 15.1. The van der Waals surface area contributed by atoms with Gasteiger partial charge in [0.25, 0.3) is 0 Å². The second-order valence-corrected chi connectivity index (χ2v) is 7.64. The largest absolute Gasteiger partial charge is 0.336 e. The zero-order valence-corrected chi connectivity index (χ0v) is 15.9. The molecule has 0 aliphatic carbocycles. The number of amides is 4. The maximum Gasteiger partial charge on any atom is 0.322 e. The third-order valence-corrected chi connectivity index (χ3v) is 5.04. The molecule has 0 atom stereocenters. The fraction of sp³-hybridized carbons (Fsp3) is 0.389. The number of aryl methyl sites for hydroxylation is 1. The van der Waals surface area contributed by atoms with Gasteiger partial charge in [-0.2, -0.15) is 0 Å². The molecule has 0 unspecified atom stereocenters. The van der Waals surface area contributed by atoms with Crippen molar-refractivity contribution in [2.45, 2.75) is 39.8 Å². The van der Waals surface area contributed by atoms with Gasteiger partial charge in [-0.15, -0.1) is 0 Å². The first-order valence-electron chi connectivity index (χ1n) is 8.60. The van der Waals surface area contributed by atoms with Gasteiger partial charge in [0.15, 0.2) is 5.13 Å². The van der Waals surface area contributed by atoms with Crippen LogP contribution in [-0.2, 0) is 13.0 Å². The van der Waals surface area contributed by atoms with Crippen LogP contribution in [0.5, 0.6) is 0 Å². The molecule has 3 N–H and O–H groups in total. The van der Waals surface area contributed by atoms with Gasteiger partial charge in [0.05, 0.1) is 12.2 Å². The molecule has 1 aromatic carbocycles. The summed E-state index contributed by atoms with van der Waals surface area (Å²) in [5.41, 5.74) is 2.80. The van der Waals surface area contributed by atoms with E-state index in [0.29, 0.717) is 24.6 Å². The van der Waals surface area contributed by atoms with Crippen LogP contribution in [0, 0.1) is 6.92 Å². The molecular weight excluding hydrogens is 350 g/mol. The number of thiazole rings is 1. The lowest BCUT2D eigenvalue weighted by molar-refractivity contribution is 0.207. The number of fused-ring (bicyclic) bond motifs is 1. The molecule has 1 aromatic heterocycles. The van der Waals surface area contributed by atoms with Gasteiger partial charge in [0, 0.05) is 29.6 Å². The van der Waals surface area contributed by atoms with Gasteiger partial charge in [0.1, 0.15) is 0 Å². The molecule has 0 bridgehead atoms. The van der Waals surface area contributed by atoms with Crippen molar-refractivity contribution in [1.29, 1.82) is 0 Å². The fourth-order valence-corrected chi connectivity index (χ4v) is 3.74. The Morgan fingerprint density at radius 1 is 1.23 bits per heavy atom. The molecule has 0 saturated carbocycles. The molecule has 2 heterocycles. The molecular formula is C18H23N5O2S. The van der Waals surface area contributed by atoms with Crippen LogP contribution < -0.4 is 16.0 Å². The molecule has 0 fully saturated rings. The summed E-state index contributed by atoms with van der Waals surface area (Å²) in [6, 6.07) is 7.38. The monoisotopic (exact) mass is 373 g/mol. The van der Waals surface area contributed by atoms with Crippen molar-refractivity contribution in [3.8, 4) is 0 Å². The summed E-state index contributed by atoms with van der Waals surface area (Å²) in [4.78, 5) is 31.6. The van der Waals surface area contributed by atoms with E-state index in [9.17, 15) is 9.59 Å². The van der Waals surface area contributed by atoms with E-state index in [1.165, 1.54) is 11.3 Å². The summed E-state index contributed by atoms with van der Waals surface area (Å²) in [5.74, 6) is 0. The first-order valence-corrected chi connectivity index (χ1v) is 9.41. The lowest BCUT2D eigenvalue weighted by atomic mass is 10.2. The molecule has 4 amide bonds. The Kier molecular flexibility index (Phi) is 5.41. The van der Waals surface area contributed by atoms with E-state index in [1.54, 1.807) is 4.90 Å². The van der Waals surface area contributed by atoms with Crippen molar-refractivity contribution < 1.29 is 9.59 Å². The van der Waals surface area contributed by atoms with Gasteiger partial charge in [0.2, 0.25) is 0 Å². The van der Waals surface area contributed by atoms with E-state index in [0.717, 1.165) is 21.8 Å². The maximum atomic E-state index is 12.6. The van der Waals surface area contributed by atoms with Crippen molar-refractivity contribution >= 4 is 34.2 Å². The Labute approximate surface area is 156 Å². The lowest BCUT2D eigenvalue weighted by Crippen LogP contribution is -2.38. The number of hydrogen-bond acceptors (Lipinski definition) is 4. The third-order valence-electron chi connectivity index (χ3n) is 4.05. The highest BCUT2D eigenvalue weighted by atomic mass is 32.1. The number of hydrogen-bond donors (Lipinski definition) is 3. The molecule has 7 nitrogen and oxygen atoms in total. The topological polar surface area (TPSA) is 86.4 Å². The van der Waals surface area contributed by atoms with E-state index in [2.05, 4.69) is 20.9 Å². The maximum absolute atomic E-state index is 12.6. The minimum Gasteiger partial charge on any atom is -0.336 e. The Balaban J connectivity index is 1.63. The number of benzene rings is 1. The highest BCUT2D eigenvalue weighted by Gasteiger charge is 2.25. The number of para-hydroxylation sites is 1. The van der Waals surface area contributed by atoms with Crippen molar-refractivity contribution in [2.75, 3.05) is 17.2 Å². The highest BCUT2D eigenvalue weighted by Crippen LogP contribution is 2.28. The van der Waals surface area contributed by atoms with E-state index in [1.807, 2.05) is 45.0 Å². The van der Waals surface area contributed by atoms with Gasteiger partial charge >= 0.3 is 12.1 Å². The summed E-state index contributed by atoms with van der Waals surface area (Å²) >= 11 is 1.42. The van der Waals surface area contributed by atoms with Crippen LogP contribution >= 0.6 is 11.3 Å². The summed E-state index contributed by atoms with van der Waals surface area (Å²) in [5, 5.41) is 9.06. The smallest absolute Gasteiger partial charge is 0.322 e. The molecule has 0 spiro atoms. The average molecular weight is 373 g/mol. The van der Waals surface area contributed by atoms with Crippen molar-refractivity contribution in [3.63, 3.8) is 0 Å². The van der Waals surface area contributed by atoms with Crippen molar-refractivity contribution in [1.82, 2.24) is 15.2 Å². The van der Waals surface area contributed by atoms with Crippen molar-refractivity contribution in [2.24, 2.45) is 0 Å². The molecule has 26 heavy (non-hydrogen) atoms. The van der Waals surface area contributed by atoms with E-state index < -0.39 is 0 Å². The van der Waals surface area contributed by atoms with Gasteiger partial charge in [-0.05, 0) is 32.4 Å². The first kappa shape index (κ1) is 18.2. The number of carbonyl (C=O) groups is 2. The molecule has 0 radical (unpaired) electrons. The van der Waals surface area contributed by atoms with Crippen LogP contribution in [0.25, 0.3) is 0 Å². The predicted octanol–water partition coefficient (Wildman–Crippen LogP) is 3.57. The van der Waals surface area contributed by atoms with E-state index >= 15 is 0 Å². The average Bonchev–Trinajstić information content (AvgIpc) is 2.97. The van der Waals surface area contributed by atoms with E-state index in [-0.39, 0.29) is 18.1 Å². The van der Waals surface area contributed by atoms with E-state index in [4.69, 9.17) is 0 Å². The molecule has 138 valence electrons. The Bertz CT molecular complexity index is 818. The Morgan fingerprint density at radius 3 is 2.73 bits per heavy atom. The Hall–Kier alpha value is -2.61. The summed E-state index contributed by atoms with van der Waals surface area (Å²) in [6.45, 7) is 6.87. The summed E-state index contributed by atoms with van der Waals surface area (Å²) < 4.78 is 0. The normalized spacial score (nSPS) is 13.3. The first-order chi connectivity index (χ1) is 12.4. The van der Waals surface area contributed by atoms with Gasteiger partial charge in [-0.25, -0.2) is 14.6 Å². The number of anilines is 2. The molecule has 8 heteroatoms. The van der Waals surface area contributed by atoms with Crippen LogP contribution in [0.2, 0.25) is 0 Å². The molecule has 3 rings (SSSR count). The third kappa shape index (κ3) is 4.32. The second kappa shape index (κ2) is 7.74. The molecule has 1 aliphatic heterocycles. The number of nitrogens with one attached hydrogen (secondary N) is 3. The standard InChI is InChI=1S/C18H23N5O2S/c1-11(2)19-16(24)22-17-20-14-8-9-23(10-15(14)26-17)18(25)21-13-7-5-4-6-12(13)3/h4-7,11H,8-10H2,1-3H3,(H,21,25)(H2,19,20,22,24). The number of aromatic nitrogens is 1. The van der Waals surface area contributed by atoms with Crippen LogP contribution in [0.4, 0.5) is 20.4 Å². The number of carbonyl (C=O) groups excluding carboxylic acids is 2. The van der Waals surface area contributed by atoms with Crippen LogP contribution in [-0.4, -0.2) is 34.5 Å². The highest BCUT2D eigenvalue weighted by molar-refractivity contribution is 7.15. The summed E-state index contributed by atoms with van der Waals surface area (Å²) in [7, 11) is 0. The molecule has 2 aromatic rings. The zero-order chi connectivity index (χ0) is 18.7. The number of nitrogens with zero attached hydrogens (tertiary/aromatic N) is 2. The van der Waals surface area contributed by atoms with Gasteiger partial charge in [-0.1, -0.05) is 29.5 Å². The van der Waals surface area contributed by atoms with Gasteiger partial charge in [-0.3, -0.25) is 5.32 Å². The second-order valence-electron chi connectivity index (χ2n) is 6.56. The number of urea groups is 2.